The average molecular weight is 280 g/mol. The zero-order valence-electron chi connectivity index (χ0n) is 12.2. The fourth-order valence-corrected chi connectivity index (χ4v) is 2.92. The van der Waals surface area contributed by atoms with Gasteiger partial charge in [-0.05, 0) is 12.5 Å². The van der Waals surface area contributed by atoms with Gasteiger partial charge in [0.1, 0.15) is 0 Å². The number of unbranched alkanes of at least 4 members (excludes halogenated alkanes) is 2. The molecule has 1 heterocycles. The molecule has 1 aromatic rings. The largest absolute Gasteiger partial charge is 0.505 e. The van der Waals surface area contributed by atoms with Crippen molar-refractivity contribution in [3.8, 4) is 5.75 Å². The molecule has 4 heteroatoms. The summed E-state index contributed by atoms with van der Waals surface area (Å²) in [6, 6.07) is 5.00. The molecule has 1 saturated heterocycles. The summed E-state index contributed by atoms with van der Waals surface area (Å²) in [4.78, 5) is 2.36. The number of nitrogens with one attached hydrogen (secondary N) is 1. The summed E-state index contributed by atoms with van der Waals surface area (Å²) in [5.41, 5.74) is 0.739. The molecule has 3 nitrogen and oxygen atoms in total. The molecular formula is C16H25FN2O. The fourth-order valence-electron chi connectivity index (χ4n) is 2.92. The van der Waals surface area contributed by atoms with E-state index in [0.29, 0.717) is 0 Å². The van der Waals surface area contributed by atoms with E-state index < -0.39 is 5.82 Å². The molecule has 2 rings (SSSR count). The lowest BCUT2D eigenvalue weighted by Crippen LogP contribution is -2.45. The van der Waals surface area contributed by atoms with Crippen LogP contribution in [0.4, 0.5) is 4.39 Å². The number of hydrogen-bond donors (Lipinski definition) is 2. The molecular weight excluding hydrogens is 255 g/mol. The van der Waals surface area contributed by atoms with Gasteiger partial charge in [0.15, 0.2) is 11.6 Å². The van der Waals surface area contributed by atoms with E-state index >= 15 is 0 Å². The molecule has 20 heavy (non-hydrogen) atoms. The minimum absolute atomic E-state index is 0.124. The van der Waals surface area contributed by atoms with E-state index in [1.807, 2.05) is 6.07 Å². The van der Waals surface area contributed by atoms with E-state index in [2.05, 4.69) is 17.1 Å². The van der Waals surface area contributed by atoms with Gasteiger partial charge in [-0.1, -0.05) is 38.3 Å². The smallest absolute Gasteiger partial charge is 0.165 e. The molecule has 1 aromatic carbocycles. The molecule has 0 spiro atoms. The topological polar surface area (TPSA) is 35.5 Å². The maximum atomic E-state index is 13.6. The summed E-state index contributed by atoms with van der Waals surface area (Å²) in [7, 11) is 0. The first-order chi connectivity index (χ1) is 9.74. The van der Waals surface area contributed by atoms with Crippen molar-refractivity contribution in [2.75, 3.05) is 26.2 Å². The molecule has 0 bridgehead atoms. The van der Waals surface area contributed by atoms with Crippen molar-refractivity contribution in [1.82, 2.24) is 10.2 Å². The zero-order valence-corrected chi connectivity index (χ0v) is 12.2. The molecule has 0 amide bonds. The van der Waals surface area contributed by atoms with E-state index in [1.165, 1.54) is 18.9 Å². The Morgan fingerprint density at radius 3 is 2.75 bits per heavy atom. The van der Waals surface area contributed by atoms with Crippen LogP contribution in [0, 0.1) is 5.82 Å². The summed E-state index contributed by atoms with van der Waals surface area (Å²) in [6.07, 6.45) is 4.44. The summed E-state index contributed by atoms with van der Waals surface area (Å²) < 4.78 is 13.6. The third-order valence-corrected chi connectivity index (χ3v) is 4.05. The maximum Gasteiger partial charge on any atom is 0.165 e. The van der Waals surface area contributed by atoms with Gasteiger partial charge in [0, 0.05) is 37.8 Å². The Hall–Kier alpha value is -1.13. The van der Waals surface area contributed by atoms with Gasteiger partial charge in [0.25, 0.3) is 0 Å². The van der Waals surface area contributed by atoms with Crippen molar-refractivity contribution in [3.63, 3.8) is 0 Å². The predicted octanol–water partition coefficient (Wildman–Crippen LogP) is 3.06. The van der Waals surface area contributed by atoms with Crippen LogP contribution < -0.4 is 5.32 Å². The Balaban J connectivity index is 2.17. The highest BCUT2D eigenvalue weighted by Crippen LogP contribution is 2.34. The number of para-hydroxylation sites is 1. The number of hydrogen-bond acceptors (Lipinski definition) is 3. The van der Waals surface area contributed by atoms with Crippen molar-refractivity contribution in [3.05, 3.63) is 29.6 Å². The predicted molar refractivity (Wildman–Crippen MR) is 79.4 cm³/mol. The standard InChI is InChI=1S/C16H25FN2O/c1-2-3-4-8-15(19-11-9-18-10-12-19)13-6-5-7-14(17)16(13)20/h5-7,15,18,20H,2-4,8-12H2,1H3/t15-/m0/s1. The number of nitrogens with zero attached hydrogens (tertiary/aromatic N) is 1. The van der Waals surface area contributed by atoms with E-state index in [-0.39, 0.29) is 11.8 Å². The number of aromatic hydroxyl groups is 1. The average Bonchev–Trinajstić information content (AvgIpc) is 2.48. The highest BCUT2D eigenvalue weighted by molar-refractivity contribution is 5.36. The summed E-state index contributed by atoms with van der Waals surface area (Å²) >= 11 is 0. The van der Waals surface area contributed by atoms with Crippen LogP contribution in [0.25, 0.3) is 0 Å². The Morgan fingerprint density at radius 1 is 1.30 bits per heavy atom. The minimum atomic E-state index is -0.516. The quantitative estimate of drug-likeness (QED) is 0.786. The van der Waals surface area contributed by atoms with Crippen LogP contribution in [-0.2, 0) is 0 Å². The van der Waals surface area contributed by atoms with Crippen LogP contribution in [0.3, 0.4) is 0 Å². The summed E-state index contributed by atoms with van der Waals surface area (Å²) in [5.74, 6) is -0.689. The van der Waals surface area contributed by atoms with Gasteiger partial charge in [-0.15, -0.1) is 0 Å². The monoisotopic (exact) mass is 280 g/mol. The Kier molecular flexibility index (Phi) is 5.80. The lowest BCUT2D eigenvalue weighted by molar-refractivity contribution is 0.159. The fraction of sp³-hybridized carbons (Fsp3) is 0.625. The normalized spacial score (nSPS) is 18.1. The second-order valence-corrected chi connectivity index (χ2v) is 5.48. The van der Waals surface area contributed by atoms with Gasteiger partial charge in [-0.2, -0.15) is 0 Å². The lowest BCUT2D eigenvalue weighted by Gasteiger charge is -2.35. The first-order valence-corrected chi connectivity index (χ1v) is 7.66. The van der Waals surface area contributed by atoms with Crippen molar-refractivity contribution in [1.29, 1.82) is 0 Å². The van der Waals surface area contributed by atoms with Crippen LogP contribution >= 0.6 is 0 Å². The number of phenols is 1. The molecule has 0 unspecified atom stereocenters. The van der Waals surface area contributed by atoms with Gasteiger partial charge in [0.2, 0.25) is 0 Å². The molecule has 0 aromatic heterocycles. The molecule has 1 atom stereocenters. The molecule has 1 aliphatic heterocycles. The van der Waals surface area contributed by atoms with Gasteiger partial charge in [-0.3, -0.25) is 4.90 Å². The molecule has 0 radical (unpaired) electrons. The SMILES string of the molecule is CCCCC[C@@H](c1cccc(F)c1O)N1CCNCC1. The zero-order chi connectivity index (χ0) is 14.4. The molecule has 0 aliphatic carbocycles. The minimum Gasteiger partial charge on any atom is -0.505 e. The van der Waals surface area contributed by atoms with E-state index in [9.17, 15) is 9.50 Å². The van der Waals surface area contributed by atoms with Crippen molar-refractivity contribution in [2.24, 2.45) is 0 Å². The third kappa shape index (κ3) is 3.70. The number of phenolic OH excluding ortho intramolecular Hbond substituents is 1. The second kappa shape index (κ2) is 7.60. The number of rotatable bonds is 6. The van der Waals surface area contributed by atoms with Crippen LogP contribution in [0.1, 0.15) is 44.2 Å². The first kappa shape index (κ1) is 15.3. The van der Waals surface area contributed by atoms with Crippen molar-refractivity contribution < 1.29 is 9.50 Å². The van der Waals surface area contributed by atoms with E-state index in [1.54, 1.807) is 6.07 Å². The maximum absolute atomic E-state index is 13.6. The molecule has 112 valence electrons. The molecule has 0 saturated carbocycles. The third-order valence-electron chi connectivity index (χ3n) is 4.05. The van der Waals surface area contributed by atoms with Crippen LogP contribution in [0.15, 0.2) is 18.2 Å². The number of benzene rings is 1. The van der Waals surface area contributed by atoms with Crippen molar-refractivity contribution in [2.45, 2.75) is 38.6 Å². The first-order valence-electron chi connectivity index (χ1n) is 7.66. The van der Waals surface area contributed by atoms with Gasteiger partial charge < -0.3 is 10.4 Å². The second-order valence-electron chi connectivity index (χ2n) is 5.48. The highest BCUT2D eigenvalue weighted by Gasteiger charge is 2.25. The van der Waals surface area contributed by atoms with E-state index in [0.717, 1.165) is 44.6 Å². The van der Waals surface area contributed by atoms with Crippen molar-refractivity contribution >= 4 is 0 Å². The lowest BCUT2D eigenvalue weighted by atomic mass is 9.97. The molecule has 2 N–H and O–H groups in total. The Labute approximate surface area is 120 Å². The van der Waals surface area contributed by atoms with Gasteiger partial charge >= 0.3 is 0 Å². The van der Waals surface area contributed by atoms with Gasteiger partial charge in [0.05, 0.1) is 0 Å². The van der Waals surface area contributed by atoms with Crippen LogP contribution in [0.5, 0.6) is 5.75 Å². The number of piperazine rings is 1. The molecule has 1 aliphatic rings. The summed E-state index contributed by atoms with van der Waals surface area (Å²) in [6.45, 7) is 6.00. The number of halogens is 1. The Bertz CT molecular complexity index is 419. The van der Waals surface area contributed by atoms with Crippen LogP contribution in [-0.4, -0.2) is 36.2 Å². The highest BCUT2D eigenvalue weighted by atomic mass is 19.1. The Morgan fingerprint density at radius 2 is 2.05 bits per heavy atom. The van der Waals surface area contributed by atoms with E-state index in [4.69, 9.17) is 0 Å². The summed E-state index contributed by atoms with van der Waals surface area (Å²) in [5, 5.41) is 13.4. The molecule has 1 fully saturated rings. The van der Waals surface area contributed by atoms with Crippen LogP contribution in [0.2, 0.25) is 0 Å². The van der Waals surface area contributed by atoms with Gasteiger partial charge in [-0.25, -0.2) is 4.39 Å².